The summed E-state index contributed by atoms with van der Waals surface area (Å²) in [5.74, 6) is -0.162. The summed E-state index contributed by atoms with van der Waals surface area (Å²) in [6.07, 6.45) is -4.75. The van der Waals surface area contributed by atoms with Gasteiger partial charge >= 0.3 is 12.1 Å². The second-order valence-electron chi connectivity index (χ2n) is 6.70. The maximum absolute atomic E-state index is 13.1. The summed E-state index contributed by atoms with van der Waals surface area (Å²) in [6, 6.07) is 6.79. The molecule has 3 rings (SSSR count). The molecule has 30 heavy (non-hydrogen) atoms. The zero-order valence-electron chi connectivity index (χ0n) is 17.1. The van der Waals surface area contributed by atoms with Crippen molar-refractivity contribution >= 4 is 5.91 Å². The van der Waals surface area contributed by atoms with E-state index in [2.05, 4.69) is 0 Å². The number of carbonyl (C=O) groups excluding carboxylic acids is 1. The van der Waals surface area contributed by atoms with Gasteiger partial charge < -0.3 is 23.8 Å². The Balaban J connectivity index is 2.24. The highest BCUT2D eigenvalue weighted by Crippen LogP contribution is 2.42. The second kappa shape index (κ2) is 8.33. The Bertz CT molecular complexity index is 959. The van der Waals surface area contributed by atoms with E-state index in [1.165, 1.54) is 28.4 Å². The molecule has 0 saturated carbocycles. The Morgan fingerprint density at radius 2 is 1.23 bits per heavy atom. The lowest BCUT2D eigenvalue weighted by atomic mass is 9.90. The highest BCUT2D eigenvalue weighted by atomic mass is 19.4. The van der Waals surface area contributed by atoms with Crippen LogP contribution in [0.1, 0.15) is 11.1 Å². The number of methoxy groups -OCH3 is 4. The zero-order chi connectivity index (χ0) is 22.1. The van der Waals surface area contributed by atoms with Gasteiger partial charge in [0.1, 0.15) is 0 Å². The third kappa shape index (κ3) is 3.96. The van der Waals surface area contributed by atoms with Gasteiger partial charge in [-0.15, -0.1) is 0 Å². The molecule has 0 spiro atoms. The molecule has 0 fully saturated rings. The Kier molecular flexibility index (Phi) is 6.00. The van der Waals surface area contributed by atoms with Crippen molar-refractivity contribution < 1.29 is 36.9 Å². The van der Waals surface area contributed by atoms with Crippen LogP contribution < -0.4 is 18.9 Å². The Morgan fingerprint density at radius 1 is 0.800 bits per heavy atom. The van der Waals surface area contributed by atoms with Crippen molar-refractivity contribution in [3.8, 4) is 34.1 Å². The van der Waals surface area contributed by atoms with E-state index in [0.717, 1.165) is 16.0 Å². The van der Waals surface area contributed by atoms with Crippen molar-refractivity contribution in [1.82, 2.24) is 4.90 Å². The monoisotopic (exact) mass is 425 g/mol. The molecule has 0 saturated heterocycles. The average Bonchev–Trinajstić information content (AvgIpc) is 2.72. The maximum Gasteiger partial charge on any atom is 0.471 e. The van der Waals surface area contributed by atoms with E-state index in [4.69, 9.17) is 18.9 Å². The first-order chi connectivity index (χ1) is 14.2. The minimum absolute atomic E-state index is 0.103. The number of fused-ring (bicyclic) bond motifs is 3. The zero-order valence-corrected chi connectivity index (χ0v) is 17.1. The van der Waals surface area contributed by atoms with Gasteiger partial charge in [-0.2, -0.15) is 13.2 Å². The first kappa shape index (κ1) is 21.6. The predicted molar refractivity (Wildman–Crippen MR) is 103 cm³/mol. The van der Waals surface area contributed by atoms with Gasteiger partial charge in [0.2, 0.25) is 0 Å². The van der Waals surface area contributed by atoms with Crippen molar-refractivity contribution in [1.29, 1.82) is 0 Å². The molecule has 1 amide bonds. The minimum Gasteiger partial charge on any atom is -0.493 e. The minimum atomic E-state index is -4.96. The summed E-state index contributed by atoms with van der Waals surface area (Å²) in [4.78, 5) is 12.8. The van der Waals surface area contributed by atoms with Gasteiger partial charge in [0.25, 0.3) is 0 Å². The molecule has 0 aromatic heterocycles. The van der Waals surface area contributed by atoms with E-state index in [9.17, 15) is 18.0 Å². The van der Waals surface area contributed by atoms with Crippen LogP contribution in [0.15, 0.2) is 24.3 Å². The fourth-order valence-corrected chi connectivity index (χ4v) is 3.57. The fourth-order valence-electron chi connectivity index (χ4n) is 3.57. The van der Waals surface area contributed by atoms with Crippen LogP contribution >= 0.6 is 0 Å². The van der Waals surface area contributed by atoms with E-state index in [1.54, 1.807) is 24.3 Å². The lowest BCUT2D eigenvalue weighted by Gasteiger charge is -2.29. The molecule has 0 atom stereocenters. The third-order valence-electron chi connectivity index (χ3n) is 5.05. The molecule has 0 N–H and O–H groups in total. The molecule has 1 aliphatic heterocycles. The molecule has 1 heterocycles. The standard InChI is InChI=1S/C21H22F3NO5/c1-27-16-7-12-5-6-25(20(26)21(22,23)24)11-13-8-17(28-2)19(30-4)10-15(13)14(12)9-18(16)29-3/h7-10H,5-6,11H2,1-4H3. The van der Waals surface area contributed by atoms with Crippen LogP contribution in [0.25, 0.3) is 11.1 Å². The molecule has 2 aromatic carbocycles. The first-order valence-electron chi connectivity index (χ1n) is 9.09. The van der Waals surface area contributed by atoms with Gasteiger partial charge in [0.05, 0.1) is 28.4 Å². The van der Waals surface area contributed by atoms with Gasteiger partial charge in [-0.25, -0.2) is 0 Å². The van der Waals surface area contributed by atoms with Crippen molar-refractivity contribution in [3.05, 3.63) is 35.4 Å². The van der Waals surface area contributed by atoms with Gasteiger partial charge in [-0.3, -0.25) is 4.79 Å². The van der Waals surface area contributed by atoms with Gasteiger partial charge in [0, 0.05) is 13.1 Å². The summed E-state index contributed by atoms with van der Waals surface area (Å²) in [6.45, 7) is -0.323. The van der Waals surface area contributed by atoms with Crippen molar-refractivity contribution in [2.24, 2.45) is 0 Å². The van der Waals surface area contributed by atoms with Crippen LogP contribution in [-0.2, 0) is 17.8 Å². The molecule has 162 valence electrons. The third-order valence-corrected chi connectivity index (χ3v) is 5.05. The number of halogens is 3. The fraction of sp³-hybridized carbons (Fsp3) is 0.381. The van der Waals surface area contributed by atoms with Crippen molar-refractivity contribution in [2.75, 3.05) is 35.0 Å². The van der Waals surface area contributed by atoms with Gasteiger partial charge in [0.15, 0.2) is 23.0 Å². The topological polar surface area (TPSA) is 57.2 Å². The quantitative estimate of drug-likeness (QED) is 0.745. The van der Waals surface area contributed by atoms with E-state index in [1.807, 2.05) is 0 Å². The van der Waals surface area contributed by atoms with Crippen LogP contribution in [0.2, 0.25) is 0 Å². The van der Waals surface area contributed by atoms with E-state index < -0.39 is 12.1 Å². The van der Waals surface area contributed by atoms with Crippen molar-refractivity contribution in [2.45, 2.75) is 19.1 Å². The largest absolute Gasteiger partial charge is 0.493 e. The summed E-state index contributed by atoms with van der Waals surface area (Å²) >= 11 is 0. The van der Waals surface area contributed by atoms with E-state index in [-0.39, 0.29) is 19.5 Å². The lowest BCUT2D eigenvalue weighted by Crippen LogP contribution is -2.42. The van der Waals surface area contributed by atoms with Gasteiger partial charge in [-0.05, 0) is 52.9 Å². The van der Waals surface area contributed by atoms with Crippen LogP contribution in [0.3, 0.4) is 0 Å². The van der Waals surface area contributed by atoms with E-state index >= 15 is 0 Å². The molecule has 9 heteroatoms. The normalized spacial score (nSPS) is 13.5. The first-order valence-corrected chi connectivity index (χ1v) is 9.09. The highest BCUT2D eigenvalue weighted by molar-refractivity contribution is 5.83. The molecular formula is C21H22F3NO5. The average molecular weight is 425 g/mol. The second-order valence-corrected chi connectivity index (χ2v) is 6.70. The molecule has 6 nitrogen and oxygen atoms in total. The number of alkyl halides is 3. The number of hydrogen-bond acceptors (Lipinski definition) is 5. The van der Waals surface area contributed by atoms with Gasteiger partial charge in [-0.1, -0.05) is 0 Å². The Hall–Kier alpha value is -3.10. The number of benzene rings is 2. The molecule has 0 unspecified atom stereocenters. The Morgan fingerprint density at radius 3 is 1.70 bits per heavy atom. The smallest absolute Gasteiger partial charge is 0.471 e. The number of ether oxygens (including phenoxy) is 4. The molecule has 0 bridgehead atoms. The van der Waals surface area contributed by atoms with E-state index in [0.29, 0.717) is 34.1 Å². The molecular weight excluding hydrogens is 403 g/mol. The predicted octanol–water partition coefficient (Wildman–Crippen LogP) is 3.84. The number of rotatable bonds is 4. The summed E-state index contributed by atoms with van der Waals surface area (Å²) in [5, 5.41) is 0. The molecule has 1 aliphatic rings. The molecule has 0 aliphatic carbocycles. The summed E-state index contributed by atoms with van der Waals surface area (Å²) in [7, 11) is 5.90. The number of amides is 1. The molecule has 2 aromatic rings. The van der Waals surface area contributed by atoms with Crippen LogP contribution in [-0.4, -0.2) is 52.0 Å². The summed E-state index contributed by atoms with van der Waals surface area (Å²) in [5.41, 5.74) is 2.62. The van der Waals surface area contributed by atoms with Crippen LogP contribution in [0, 0.1) is 0 Å². The molecule has 0 radical (unpaired) electrons. The van der Waals surface area contributed by atoms with Crippen LogP contribution in [0.4, 0.5) is 13.2 Å². The van der Waals surface area contributed by atoms with Crippen molar-refractivity contribution in [3.63, 3.8) is 0 Å². The van der Waals surface area contributed by atoms with Crippen LogP contribution in [0.5, 0.6) is 23.0 Å². The highest BCUT2D eigenvalue weighted by Gasteiger charge is 2.43. The number of carbonyl (C=O) groups is 1. The number of nitrogens with zero attached hydrogens (tertiary/aromatic N) is 1. The SMILES string of the molecule is COc1cc2c(cc1OC)-c1cc(OC)c(OC)cc1CN(C(=O)C(F)(F)F)CC2. The number of hydrogen-bond donors (Lipinski definition) is 0. The lowest BCUT2D eigenvalue weighted by molar-refractivity contribution is -0.186. The summed E-state index contributed by atoms with van der Waals surface area (Å²) < 4.78 is 60.9. The Labute approximate surface area is 172 Å². The maximum atomic E-state index is 13.1.